The highest BCUT2D eigenvalue weighted by Gasteiger charge is 2.33. The van der Waals surface area contributed by atoms with Crippen LogP contribution in [-0.4, -0.2) is 46.3 Å². The number of anilines is 2. The standard InChI is InChI=1S/C25H29N5O4/c1-24(2)10-19-15(23(31)34-24)7-8-20(29-19)30-21-9-16-17(11-27-21)22(33-14-5-6-14)28-12-18(16)25(3,26)13-32-4/h7-9,11-12,14H,5-6,10,13,26H2,1-4H3,(H,27,29,30)/t25-/m0/s1. The monoisotopic (exact) mass is 463 g/mol. The first-order chi connectivity index (χ1) is 16.1. The second-order valence-electron chi connectivity index (χ2n) is 9.90. The van der Waals surface area contributed by atoms with Gasteiger partial charge < -0.3 is 25.3 Å². The molecule has 5 rings (SSSR count). The van der Waals surface area contributed by atoms with Gasteiger partial charge in [-0.3, -0.25) is 0 Å². The van der Waals surface area contributed by atoms with Gasteiger partial charge in [0.05, 0.1) is 28.8 Å². The van der Waals surface area contributed by atoms with E-state index in [1.54, 1.807) is 31.6 Å². The summed E-state index contributed by atoms with van der Waals surface area (Å²) in [5.74, 6) is 1.39. The number of fused-ring (bicyclic) bond motifs is 2. The predicted octanol–water partition coefficient (Wildman–Crippen LogP) is 3.62. The smallest absolute Gasteiger partial charge is 0.340 e. The summed E-state index contributed by atoms with van der Waals surface area (Å²) >= 11 is 0. The molecule has 0 saturated heterocycles. The summed E-state index contributed by atoms with van der Waals surface area (Å²) < 4.78 is 16.8. The Bertz CT molecular complexity index is 1270. The average molecular weight is 464 g/mol. The second-order valence-corrected chi connectivity index (χ2v) is 9.90. The lowest BCUT2D eigenvalue weighted by atomic mass is 9.91. The highest BCUT2D eigenvalue weighted by atomic mass is 16.6. The summed E-state index contributed by atoms with van der Waals surface area (Å²) in [6.07, 6.45) is 6.31. The molecule has 0 aromatic carbocycles. The maximum Gasteiger partial charge on any atom is 0.340 e. The number of nitrogens with zero attached hydrogens (tertiary/aromatic N) is 3. The molecule has 34 heavy (non-hydrogen) atoms. The Morgan fingerprint density at radius 1 is 1.21 bits per heavy atom. The number of pyridine rings is 3. The Labute approximate surface area is 198 Å². The highest BCUT2D eigenvalue weighted by Crippen LogP contribution is 2.36. The molecule has 1 saturated carbocycles. The van der Waals surface area contributed by atoms with Gasteiger partial charge in [0, 0.05) is 31.5 Å². The summed E-state index contributed by atoms with van der Waals surface area (Å²) in [6, 6.07) is 5.40. The summed E-state index contributed by atoms with van der Waals surface area (Å²) in [7, 11) is 1.62. The molecule has 3 aromatic rings. The van der Waals surface area contributed by atoms with E-state index in [4.69, 9.17) is 19.9 Å². The van der Waals surface area contributed by atoms with Gasteiger partial charge in [0.1, 0.15) is 23.3 Å². The number of rotatable bonds is 7. The van der Waals surface area contributed by atoms with Crippen LogP contribution in [0.5, 0.6) is 5.88 Å². The Morgan fingerprint density at radius 3 is 2.74 bits per heavy atom. The summed E-state index contributed by atoms with van der Waals surface area (Å²) in [5, 5.41) is 4.94. The van der Waals surface area contributed by atoms with E-state index >= 15 is 0 Å². The zero-order valence-corrected chi connectivity index (χ0v) is 19.8. The van der Waals surface area contributed by atoms with E-state index in [9.17, 15) is 4.79 Å². The van der Waals surface area contributed by atoms with Crippen LogP contribution in [0.2, 0.25) is 0 Å². The topological polar surface area (TPSA) is 121 Å². The number of methoxy groups -OCH3 is 1. The first kappa shape index (κ1) is 22.5. The molecule has 3 N–H and O–H groups in total. The first-order valence-corrected chi connectivity index (χ1v) is 11.4. The fourth-order valence-electron chi connectivity index (χ4n) is 4.22. The van der Waals surface area contributed by atoms with Crippen LogP contribution in [0.25, 0.3) is 10.8 Å². The number of carbonyl (C=O) groups excluding carboxylic acids is 1. The molecule has 3 aromatic heterocycles. The van der Waals surface area contributed by atoms with Gasteiger partial charge in [0.15, 0.2) is 0 Å². The maximum absolute atomic E-state index is 12.3. The minimum absolute atomic E-state index is 0.207. The number of hydrogen-bond acceptors (Lipinski definition) is 9. The molecular formula is C25H29N5O4. The van der Waals surface area contributed by atoms with Crippen molar-refractivity contribution in [2.75, 3.05) is 19.0 Å². The Morgan fingerprint density at radius 2 is 2.00 bits per heavy atom. The van der Waals surface area contributed by atoms with Crippen LogP contribution < -0.4 is 15.8 Å². The van der Waals surface area contributed by atoms with E-state index in [0.717, 1.165) is 29.2 Å². The van der Waals surface area contributed by atoms with Gasteiger partial charge in [-0.15, -0.1) is 0 Å². The zero-order valence-electron chi connectivity index (χ0n) is 19.8. The van der Waals surface area contributed by atoms with Crippen molar-refractivity contribution in [3.63, 3.8) is 0 Å². The second kappa shape index (κ2) is 8.18. The van der Waals surface area contributed by atoms with Gasteiger partial charge in [-0.05, 0) is 57.2 Å². The molecule has 1 atom stereocenters. The Kier molecular flexibility index (Phi) is 5.41. The third kappa shape index (κ3) is 4.41. The summed E-state index contributed by atoms with van der Waals surface area (Å²) in [4.78, 5) is 26.1. The molecular weight excluding hydrogens is 434 g/mol. The molecule has 0 unspecified atom stereocenters. The van der Waals surface area contributed by atoms with Crippen LogP contribution in [0.3, 0.4) is 0 Å². The van der Waals surface area contributed by atoms with Crippen LogP contribution >= 0.6 is 0 Å². The van der Waals surface area contributed by atoms with Crippen LogP contribution in [-0.2, 0) is 21.4 Å². The van der Waals surface area contributed by atoms with E-state index in [-0.39, 0.29) is 12.1 Å². The minimum atomic E-state index is -0.757. The molecule has 1 aliphatic carbocycles. The minimum Gasteiger partial charge on any atom is -0.474 e. The van der Waals surface area contributed by atoms with Crippen molar-refractivity contribution in [2.24, 2.45) is 5.73 Å². The van der Waals surface area contributed by atoms with Crippen LogP contribution in [0, 0.1) is 0 Å². The van der Waals surface area contributed by atoms with Gasteiger partial charge in [-0.2, -0.15) is 0 Å². The number of carbonyl (C=O) groups is 1. The van der Waals surface area contributed by atoms with Gasteiger partial charge >= 0.3 is 5.97 Å². The maximum atomic E-state index is 12.3. The van der Waals surface area contributed by atoms with Gasteiger partial charge in [0.2, 0.25) is 5.88 Å². The van der Waals surface area contributed by atoms with Crippen molar-refractivity contribution in [2.45, 2.75) is 57.3 Å². The van der Waals surface area contributed by atoms with E-state index in [1.165, 1.54) is 0 Å². The predicted molar refractivity (Wildman–Crippen MR) is 127 cm³/mol. The number of hydrogen-bond donors (Lipinski definition) is 2. The molecule has 4 heterocycles. The largest absolute Gasteiger partial charge is 0.474 e. The molecule has 9 nitrogen and oxygen atoms in total. The molecule has 0 spiro atoms. The molecule has 178 valence electrons. The molecule has 0 amide bonds. The molecule has 9 heteroatoms. The summed E-state index contributed by atoms with van der Waals surface area (Å²) in [6.45, 7) is 5.99. The first-order valence-electron chi connectivity index (χ1n) is 11.4. The van der Waals surface area contributed by atoms with E-state index in [1.807, 2.05) is 26.8 Å². The van der Waals surface area contributed by atoms with Crippen molar-refractivity contribution in [1.82, 2.24) is 15.0 Å². The number of nitrogens with one attached hydrogen (secondary N) is 1. The van der Waals surface area contributed by atoms with Crippen molar-refractivity contribution in [1.29, 1.82) is 0 Å². The van der Waals surface area contributed by atoms with Crippen LogP contribution in [0.15, 0.2) is 30.6 Å². The zero-order chi connectivity index (χ0) is 24.1. The van der Waals surface area contributed by atoms with Crippen molar-refractivity contribution < 1.29 is 19.0 Å². The van der Waals surface area contributed by atoms with Crippen molar-refractivity contribution in [3.8, 4) is 5.88 Å². The Hall–Kier alpha value is -3.30. The lowest BCUT2D eigenvalue weighted by molar-refractivity contribution is -0.00714. The third-order valence-corrected chi connectivity index (χ3v) is 6.01. The SMILES string of the molecule is COC[C@](C)(N)c1cnc(OC2CC2)c2cnc(Nc3ccc4c(n3)CC(C)(C)OC4=O)cc12. The highest BCUT2D eigenvalue weighted by molar-refractivity contribution is 5.93. The molecule has 0 radical (unpaired) electrons. The van der Waals surface area contributed by atoms with Crippen LogP contribution in [0.1, 0.15) is 55.2 Å². The lowest BCUT2D eigenvalue weighted by Gasteiger charge is -2.30. The average Bonchev–Trinajstić information content (AvgIpc) is 3.56. The molecule has 1 fully saturated rings. The molecule has 2 aliphatic rings. The molecule has 0 bridgehead atoms. The number of cyclic esters (lactones) is 1. The fraction of sp³-hybridized carbons (Fsp3) is 0.440. The van der Waals surface area contributed by atoms with E-state index in [2.05, 4.69) is 20.3 Å². The van der Waals surface area contributed by atoms with Gasteiger partial charge in [-0.25, -0.2) is 19.7 Å². The summed E-state index contributed by atoms with van der Waals surface area (Å²) in [5.41, 5.74) is 7.27. The number of aromatic nitrogens is 3. The van der Waals surface area contributed by atoms with E-state index in [0.29, 0.717) is 41.8 Å². The number of nitrogens with two attached hydrogens (primary N) is 1. The number of ether oxygens (including phenoxy) is 3. The van der Waals surface area contributed by atoms with E-state index < -0.39 is 11.1 Å². The van der Waals surface area contributed by atoms with Crippen molar-refractivity contribution in [3.05, 3.63) is 47.4 Å². The third-order valence-electron chi connectivity index (χ3n) is 6.01. The lowest BCUT2D eigenvalue weighted by Crippen LogP contribution is -2.38. The van der Waals surface area contributed by atoms with Gasteiger partial charge in [0.25, 0.3) is 0 Å². The normalized spacial score (nSPS) is 18.7. The van der Waals surface area contributed by atoms with Gasteiger partial charge in [-0.1, -0.05) is 0 Å². The van der Waals surface area contributed by atoms with Crippen molar-refractivity contribution >= 4 is 28.4 Å². The van der Waals surface area contributed by atoms with Crippen LogP contribution in [0.4, 0.5) is 11.6 Å². The molecule has 1 aliphatic heterocycles. The fourth-order valence-corrected chi connectivity index (χ4v) is 4.22. The number of esters is 1. The Balaban J connectivity index is 1.52. The quantitative estimate of drug-likeness (QED) is 0.506.